The SMILES string of the molecule is CC(C)CNC(=O)[C@H](C)N(Cc1ccccc1)C(=O)CN(c1ccccc1)S(=O)(=O)N(C)C. The van der Waals surface area contributed by atoms with E-state index in [0.717, 1.165) is 14.2 Å². The Hall–Kier alpha value is -2.91. The molecule has 8 nitrogen and oxygen atoms in total. The van der Waals surface area contributed by atoms with Crippen LogP contribution in [0.4, 0.5) is 5.69 Å². The summed E-state index contributed by atoms with van der Waals surface area (Å²) in [4.78, 5) is 27.7. The van der Waals surface area contributed by atoms with E-state index in [-0.39, 0.29) is 18.4 Å². The normalized spacial score (nSPS) is 12.5. The Labute approximate surface area is 197 Å². The van der Waals surface area contributed by atoms with Crippen molar-refractivity contribution in [2.45, 2.75) is 33.4 Å². The van der Waals surface area contributed by atoms with E-state index in [0.29, 0.717) is 12.2 Å². The number of benzene rings is 2. The molecule has 0 saturated carbocycles. The summed E-state index contributed by atoms with van der Waals surface area (Å²) in [6.45, 7) is 5.87. The van der Waals surface area contributed by atoms with Crippen LogP contribution in [0.1, 0.15) is 26.3 Å². The molecule has 0 fully saturated rings. The third-order valence-electron chi connectivity index (χ3n) is 5.11. The topological polar surface area (TPSA) is 90.0 Å². The Morgan fingerprint density at radius 1 is 0.909 bits per heavy atom. The average molecular weight is 475 g/mol. The molecule has 0 radical (unpaired) electrons. The average Bonchev–Trinajstić information content (AvgIpc) is 2.79. The van der Waals surface area contributed by atoms with E-state index >= 15 is 0 Å². The fourth-order valence-electron chi connectivity index (χ4n) is 3.13. The number of hydrogen-bond acceptors (Lipinski definition) is 4. The summed E-state index contributed by atoms with van der Waals surface area (Å²) in [7, 11) is -1.11. The van der Waals surface area contributed by atoms with Crippen molar-refractivity contribution in [1.82, 2.24) is 14.5 Å². The van der Waals surface area contributed by atoms with E-state index in [2.05, 4.69) is 5.32 Å². The molecular weight excluding hydrogens is 440 g/mol. The van der Waals surface area contributed by atoms with Crippen LogP contribution in [0.2, 0.25) is 0 Å². The molecule has 9 heteroatoms. The lowest BCUT2D eigenvalue weighted by molar-refractivity contribution is -0.139. The first kappa shape index (κ1) is 26.3. The van der Waals surface area contributed by atoms with Gasteiger partial charge in [0.05, 0.1) is 5.69 Å². The van der Waals surface area contributed by atoms with E-state index in [1.165, 1.54) is 19.0 Å². The van der Waals surface area contributed by atoms with Gasteiger partial charge in [-0.15, -0.1) is 0 Å². The van der Waals surface area contributed by atoms with Crippen LogP contribution in [0.15, 0.2) is 60.7 Å². The molecule has 0 aliphatic heterocycles. The zero-order valence-electron chi connectivity index (χ0n) is 19.9. The first-order chi connectivity index (χ1) is 15.5. The van der Waals surface area contributed by atoms with Gasteiger partial charge in [-0.05, 0) is 30.5 Å². The van der Waals surface area contributed by atoms with Gasteiger partial charge in [-0.1, -0.05) is 62.4 Å². The summed E-state index contributed by atoms with van der Waals surface area (Å²) >= 11 is 0. The van der Waals surface area contributed by atoms with E-state index < -0.39 is 28.7 Å². The minimum absolute atomic E-state index is 0.181. The van der Waals surface area contributed by atoms with E-state index in [9.17, 15) is 18.0 Å². The van der Waals surface area contributed by atoms with Gasteiger partial charge >= 0.3 is 10.2 Å². The van der Waals surface area contributed by atoms with Crippen LogP contribution >= 0.6 is 0 Å². The molecule has 0 aliphatic carbocycles. The standard InChI is InChI=1S/C24H34N4O4S/c1-19(2)16-25-24(30)20(3)27(17-21-12-8-6-9-13-21)23(29)18-28(33(31,32)26(4)5)22-14-10-7-11-15-22/h6-15,19-20H,16-18H2,1-5H3,(H,25,30)/t20-/m0/s1. The van der Waals surface area contributed by atoms with Crippen LogP contribution < -0.4 is 9.62 Å². The molecule has 1 N–H and O–H groups in total. The Morgan fingerprint density at radius 3 is 1.97 bits per heavy atom. The highest BCUT2D eigenvalue weighted by Gasteiger charge is 2.32. The zero-order chi connectivity index (χ0) is 24.6. The van der Waals surface area contributed by atoms with Gasteiger partial charge in [0.2, 0.25) is 11.8 Å². The zero-order valence-corrected chi connectivity index (χ0v) is 20.7. The number of para-hydroxylation sites is 1. The molecular formula is C24H34N4O4S. The van der Waals surface area contributed by atoms with Gasteiger partial charge < -0.3 is 10.2 Å². The Morgan fingerprint density at radius 2 is 1.45 bits per heavy atom. The van der Waals surface area contributed by atoms with E-state index in [4.69, 9.17) is 0 Å². The summed E-state index contributed by atoms with van der Waals surface area (Å²) in [5, 5.41) is 2.86. The molecule has 0 unspecified atom stereocenters. The second kappa shape index (κ2) is 11.8. The van der Waals surface area contributed by atoms with Crippen molar-refractivity contribution in [3.8, 4) is 0 Å². The van der Waals surface area contributed by atoms with Crippen molar-refractivity contribution in [2.24, 2.45) is 5.92 Å². The Balaban J connectivity index is 2.37. The van der Waals surface area contributed by atoms with Crippen molar-refractivity contribution in [3.05, 3.63) is 66.2 Å². The van der Waals surface area contributed by atoms with Gasteiger partial charge in [0, 0.05) is 27.2 Å². The van der Waals surface area contributed by atoms with Gasteiger partial charge in [-0.2, -0.15) is 12.7 Å². The molecule has 2 rings (SSSR count). The highest BCUT2D eigenvalue weighted by Crippen LogP contribution is 2.20. The lowest BCUT2D eigenvalue weighted by atomic mass is 10.1. The van der Waals surface area contributed by atoms with E-state index in [1.807, 2.05) is 44.2 Å². The van der Waals surface area contributed by atoms with Gasteiger partial charge in [0.25, 0.3) is 0 Å². The van der Waals surface area contributed by atoms with Crippen LogP contribution in [0.25, 0.3) is 0 Å². The summed E-state index contributed by atoms with van der Waals surface area (Å²) in [6.07, 6.45) is 0. The first-order valence-corrected chi connectivity index (χ1v) is 12.3. The largest absolute Gasteiger partial charge is 0.354 e. The smallest absolute Gasteiger partial charge is 0.304 e. The molecule has 180 valence electrons. The van der Waals surface area contributed by atoms with Gasteiger partial charge in [-0.25, -0.2) is 4.31 Å². The molecule has 1 atom stereocenters. The summed E-state index contributed by atoms with van der Waals surface area (Å²) in [5.74, 6) is -0.492. The number of carbonyl (C=O) groups is 2. The van der Waals surface area contributed by atoms with Crippen LogP contribution in [-0.2, 0) is 26.3 Å². The van der Waals surface area contributed by atoms with E-state index in [1.54, 1.807) is 37.3 Å². The maximum Gasteiger partial charge on any atom is 0.304 e. The molecule has 2 aromatic rings. The number of carbonyl (C=O) groups excluding carboxylic acids is 2. The van der Waals surface area contributed by atoms with Crippen molar-refractivity contribution in [3.63, 3.8) is 0 Å². The third-order valence-corrected chi connectivity index (χ3v) is 6.93. The maximum absolute atomic E-state index is 13.5. The molecule has 33 heavy (non-hydrogen) atoms. The van der Waals surface area contributed by atoms with Crippen molar-refractivity contribution < 1.29 is 18.0 Å². The number of anilines is 1. The first-order valence-electron chi connectivity index (χ1n) is 10.9. The van der Waals surface area contributed by atoms with Gasteiger partial charge in [-0.3, -0.25) is 9.59 Å². The number of nitrogens with one attached hydrogen (secondary N) is 1. The fourth-order valence-corrected chi connectivity index (χ4v) is 4.18. The van der Waals surface area contributed by atoms with Gasteiger partial charge in [0.1, 0.15) is 12.6 Å². The highest BCUT2D eigenvalue weighted by molar-refractivity contribution is 7.90. The van der Waals surface area contributed by atoms with Crippen LogP contribution in [0.5, 0.6) is 0 Å². The molecule has 0 spiro atoms. The minimum Gasteiger partial charge on any atom is -0.354 e. The minimum atomic E-state index is -3.94. The molecule has 0 aliphatic rings. The highest BCUT2D eigenvalue weighted by atomic mass is 32.2. The second-order valence-electron chi connectivity index (χ2n) is 8.45. The monoisotopic (exact) mass is 474 g/mol. The Bertz CT molecular complexity index is 1010. The van der Waals surface area contributed by atoms with Crippen LogP contribution in [0.3, 0.4) is 0 Å². The summed E-state index contributed by atoms with van der Waals surface area (Å²) in [6, 6.07) is 17.0. The predicted octanol–water partition coefficient (Wildman–Crippen LogP) is 2.49. The molecule has 2 aromatic carbocycles. The van der Waals surface area contributed by atoms with Crippen molar-refractivity contribution in [1.29, 1.82) is 0 Å². The summed E-state index contributed by atoms with van der Waals surface area (Å²) < 4.78 is 28.2. The van der Waals surface area contributed by atoms with Crippen LogP contribution in [-0.4, -0.2) is 62.7 Å². The predicted molar refractivity (Wildman–Crippen MR) is 131 cm³/mol. The van der Waals surface area contributed by atoms with Gasteiger partial charge in [0.15, 0.2) is 0 Å². The molecule has 0 saturated heterocycles. The number of nitrogens with zero attached hydrogens (tertiary/aromatic N) is 3. The number of rotatable bonds is 11. The molecule has 2 amide bonds. The Kier molecular flexibility index (Phi) is 9.43. The second-order valence-corrected chi connectivity index (χ2v) is 10.5. The molecule has 0 bridgehead atoms. The number of amides is 2. The molecule has 0 heterocycles. The lowest BCUT2D eigenvalue weighted by Gasteiger charge is -2.33. The van der Waals surface area contributed by atoms with Crippen LogP contribution in [0, 0.1) is 5.92 Å². The molecule has 0 aromatic heterocycles. The lowest BCUT2D eigenvalue weighted by Crippen LogP contribution is -2.52. The quantitative estimate of drug-likeness (QED) is 0.542. The fraction of sp³-hybridized carbons (Fsp3) is 0.417. The number of hydrogen-bond donors (Lipinski definition) is 1. The maximum atomic E-state index is 13.5. The summed E-state index contributed by atoms with van der Waals surface area (Å²) in [5.41, 5.74) is 1.22. The van der Waals surface area contributed by atoms with Crippen molar-refractivity contribution in [2.75, 3.05) is 31.5 Å². The third kappa shape index (κ3) is 7.30. The van der Waals surface area contributed by atoms with Crippen molar-refractivity contribution >= 4 is 27.7 Å².